The third-order valence-electron chi connectivity index (χ3n) is 2.54. The molecule has 0 aliphatic rings. The topological polar surface area (TPSA) is 29.1 Å². The fourth-order valence-corrected chi connectivity index (χ4v) is 3.14. The van der Waals surface area contributed by atoms with Crippen LogP contribution in [-0.2, 0) is 16.6 Å². The largest absolute Gasteiger partial charge is 0.313 e. The van der Waals surface area contributed by atoms with E-state index in [9.17, 15) is 4.21 Å². The molecule has 0 saturated carbocycles. The van der Waals surface area contributed by atoms with Crippen LogP contribution < -0.4 is 5.32 Å². The molecule has 0 spiro atoms. The predicted octanol–water partition coefficient (Wildman–Crippen LogP) is 2.32. The van der Waals surface area contributed by atoms with E-state index in [-0.39, 0.29) is 0 Å². The van der Waals surface area contributed by atoms with Crippen molar-refractivity contribution < 1.29 is 4.21 Å². The molecule has 0 saturated heterocycles. The van der Waals surface area contributed by atoms with Crippen molar-refractivity contribution in [1.82, 2.24) is 5.32 Å². The van der Waals surface area contributed by atoms with Gasteiger partial charge in [-0.1, -0.05) is 44.2 Å². The summed E-state index contributed by atoms with van der Waals surface area (Å²) in [7, 11) is -0.765. The third kappa shape index (κ3) is 4.90. The van der Waals surface area contributed by atoms with Crippen LogP contribution in [0.1, 0.15) is 25.8 Å². The van der Waals surface area contributed by atoms with Crippen LogP contribution in [0.3, 0.4) is 0 Å². The average molecular weight is 239 g/mol. The van der Waals surface area contributed by atoms with Crippen LogP contribution in [-0.4, -0.2) is 22.5 Å². The summed E-state index contributed by atoms with van der Waals surface area (Å²) in [5, 5.41) is 3.36. The van der Waals surface area contributed by atoms with Gasteiger partial charge in [0.15, 0.2) is 0 Å². The van der Waals surface area contributed by atoms with Crippen molar-refractivity contribution in [2.45, 2.75) is 32.1 Å². The van der Waals surface area contributed by atoms with Crippen molar-refractivity contribution in [3.05, 3.63) is 35.9 Å². The summed E-state index contributed by atoms with van der Waals surface area (Å²) in [6.07, 6.45) is 1.04. The monoisotopic (exact) mass is 239 g/mol. The Kier molecular flexibility index (Phi) is 6.34. The van der Waals surface area contributed by atoms with Gasteiger partial charge in [-0.25, -0.2) is 0 Å². The van der Waals surface area contributed by atoms with Gasteiger partial charge in [-0.2, -0.15) is 0 Å². The first-order chi connectivity index (χ1) is 7.76. The van der Waals surface area contributed by atoms with Gasteiger partial charge in [0.1, 0.15) is 0 Å². The molecule has 0 aliphatic heterocycles. The molecule has 16 heavy (non-hydrogen) atoms. The van der Waals surface area contributed by atoms with Crippen molar-refractivity contribution >= 4 is 10.8 Å². The van der Waals surface area contributed by atoms with E-state index in [0.717, 1.165) is 24.3 Å². The summed E-state index contributed by atoms with van der Waals surface area (Å²) in [5.41, 5.74) is 1.16. The maximum absolute atomic E-state index is 11.9. The highest BCUT2D eigenvalue weighted by molar-refractivity contribution is 7.84. The predicted molar refractivity (Wildman–Crippen MR) is 70.9 cm³/mol. The number of hydrogen-bond donors (Lipinski definition) is 1. The van der Waals surface area contributed by atoms with Crippen LogP contribution in [0.5, 0.6) is 0 Å². The number of nitrogens with one attached hydrogen (secondary N) is 1. The van der Waals surface area contributed by atoms with E-state index in [1.54, 1.807) is 0 Å². The second-order valence-electron chi connectivity index (χ2n) is 3.90. The Morgan fingerprint density at radius 3 is 2.50 bits per heavy atom. The van der Waals surface area contributed by atoms with Crippen LogP contribution in [0.4, 0.5) is 0 Å². The van der Waals surface area contributed by atoms with E-state index in [2.05, 4.69) is 19.2 Å². The molecule has 0 bridgehead atoms. The summed E-state index contributed by atoms with van der Waals surface area (Å²) in [4.78, 5) is 0. The van der Waals surface area contributed by atoms with Crippen LogP contribution in [0.2, 0.25) is 0 Å². The summed E-state index contributed by atoms with van der Waals surface area (Å²) in [5.74, 6) is 1.42. The van der Waals surface area contributed by atoms with Gasteiger partial charge in [0, 0.05) is 28.3 Å². The average Bonchev–Trinajstić information content (AvgIpc) is 2.29. The van der Waals surface area contributed by atoms with Crippen LogP contribution >= 0.6 is 0 Å². The van der Waals surface area contributed by atoms with Crippen molar-refractivity contribution in [2.24, 2.45) is 0 Å². The molecule has 0 aliphatic carbocycles. The van der Waals surface area contributed by atoms with E-state index in [1.165, 1.54) is 0 Å². The fourth-order valence-electron chi connectivity index (χ4n) is 1.65. The first-order valence-corrected chi connectivity index (χ1v) is 7.37. The molecule has 1 aromatic carbocycles. The zero-order valence-corrected chi connectivity index (χ0v) is 10.9. The van der Waals surface area contributed by atoms with E-state index >= 15 is 0 Å². The van der Waals surface area contributed by atoms with E-state index in [0.29, 0.717) is 11.8 Å². The smallest absolute Gasteiger partial charge is 0.0486 e. The van der Waals surface area contributed by atoms with Crippen molar-refractivity contribution in [2.75, 3.05) is 12.3 Å². The highest BCUT2D eigenvalue weighted by atomic mass is 32.2. The number of rotatable bonds is 7. The molecule has 0 amide bonds. The van der Waals surface area contributed by atoms with Crippen molar-refractivity contribution in [3.8, 4) is 0 Å². The van der Waals surface area contributed by atoms with Crippen molar-refractivity contribution in [1.29, 1.82) is 0 Å². The normalized spacial score (nSPS) is 14.6. The van der Waals surface area contributed by atoms with Gasteiger partial charge in [-0.15, -0.1) is 0 Å². The third-order valence-corrected chi connectivity index (χ3v) is 3.97. The summed E-state index contributed by atoms with van der Waals surface area (Å²) < 4.78 is 11.9. The molecular formula is C13H21NOS. The van der Waals surface area contributed by atoms with Crippen LogP contribution in [0.25, 0.3) is 0 Å². The lowest BCUT2D eigenvalue weighted by Crippen LogP contribution is -2.33. The molecule has 90 valence electrons. The Hall–Kier alpha value is -0.670. The summed E-state index contributed by atoms with van der Waals surface area (Å²) >= 11 is 0. The standard InChI is InChI=1S/C13H21NOS/c1-3-13(14-4-2)11-16(15)10-12-8-6-5-7-9-12/h5-9,13-14H,3-4,10-11H2,1-2H3. The Balaban J connectivity index is 2.41. The molecule has 2 nitrogen and oxygen atoms in total. The molecule has 2 unspecified atom stereocenters. The lowest BCUT2D eigenvalue weighted by atomic mass is 10.2. The second kappa shape index (κ2) is 7.58. The maximum Gasteiger partial charge on any atom is 0.0486 e. The van der Waals surface area contributed by atoms with Crippen LogP contribution in [0.15, 0.2) is 30.3 Å². The molecule has 2 atom stereocenters. The van der Waals surface area contributed by atoms with E-state index in [4.69, 9.17) is 0 Å². The quantitative estimate of drug-likeness (QED) is 0.791. The molecule has 1 aromatic rings. The highest BCUT2D eigenvalue weighted by Crippen LogP contribution is 2.05. The van der Waals surface area contributed by atoms with E-state index < -0.39 is 10.8 Å². The van der Waals surface area contributed by atoms with Crippen molar-refractivity contribution in [3.63, 3.8) is 0 Å². The number of hydrogen-bond acceptors (Lipinski definition) is 2. The zero-order valence-electron chi connectivity index (χ0n) is 10.1. The minimum Gasteiger partial charge on any atom is -0.313 e. The first-order valence-electron chi connectivity index (χ1n) is 5.88. The Bertz CT molecular complexity index is 313. The van der Waals surface area contributed by atoms with E-state index in [1.807, 2.05) is 30.3 Å². The Labute approximate surface area is 101 Å². The second-order valence-corrected chi connectivity index (χ2v) is 5.40. The summed E-state index contributed by atoms with van der Waals surface area (Å²) in [6.45, 7) is 5.16. The fraction of sp³-hybridized carbons (Fsp3) is 0.538. The molecule has 0 heterocycles. The maximum atomic E-state index is 11.9. The molecule has 0 radical (unpaired) electrons. The molecular weight excluding hydrogens is 218 g/mol. The van der Waals surface area contributed by atoms with Gasteiger partial charge < -0.3 is 5.32 Å². The SMILES string of the molecule is CCNC(CC)CS(=O)Cc1ccccc1. The van der Waals surface area contributed by atoms with Gasteiger partial charge in [0.2, 0.25) is 0 Å². The zero-order chi connectivity index (χ0) is 11.8. The van der Waals surface area contributed by atoms with Gasteiger partial charge >= 0.3 is 0 Å². The number of benzene rings is 1. The van der Waals surface area contributed by atoms with Gasteiger partial charge in [0.25, 0.3) is 0 Å². The van der Waals surface area contributed by atoms with Gasteiger partial charge in [0.05, 0.1) is 0 Å². The van der Waals surface area contributed by atoms with Crippen LogP contribution in [0, 0.1) is 0 Å². The Morgan fingerprint density at radius 2 is 1.94 bits per heavy atom. The molecule has 3 heteroatoms. The first kappa shape index (κ1) is 13.4. The highest BCUT2D eigenvalue weighted by Gasteiger charge is 2.09. The van der Waals surface area contributed by atoms with Gasteiger partial charge in [-0.3, -0.25) is 4.21 Å². The minimum atomic E-state index is -0.765. The lowest BCUT2D eigenvalue weighted by molar-refractivity contribution is 0.553. The Morgan fingerprint density at radius 1 is 1.25 bits per heavy atom. The molecule has 1 rings (SSSR count). The minimum absolute atomic E-state index is 0.384. The lowest BCUT2D eigenvalue weighted by Gasteiger charge is -2.15. The van der Waals surface area contributed by atoms with Gasteiger partial charge in [-0.05, 0) is 18.5 Å². The molecule has 0 aromatic heterocycles. The molecule has 0 fully saturated rings. The summed E-state index contributed by atoms with van der Waals surface area (Å²) in [6, 6.07) is 10.4. The molecule has 1 N–H and O–H groups in total.